The molecule has 0 saturated heterocycles. The Labute approximate surface area is 198 Å². The number of rotatable bonds is 9. The van der Waals surface area contributed by atoms with Crippen molar-refractivity contribution < 1.29 is 4.74 Å². The van der Waals surface area contributed by atoms with E-state index in [0.717, 1.165) is 59.2 Å². The van der Waals surface area contributed by atoms with Crippen LogP contribution in [0.2, 0.25) is 5.02 Å². The first-order chi connectivity index (χ1) is 15.3. The van der Waals surface area contributed by atoms with Gasteiger partial charge in [0.25, 0.3) is 0 Å². The molecule has 170 valence electrons. The summed E-state index contributed by atoms with van der Waals surface area (Å²) in [5.74, 6) is 0.918. The van der Waals surface area contributed by atoms with E-state index in [9.17, 15) is 0 Å². The van der Waals surface area contributed by atoms with Gasteiger partial charge in [-0.2, -0.15) is 0 Å². The van der Waals surface area contributed by atoms with Gasteiger partial charge in [-0.25, -0.2) is 0 Å². The number of benzene rings is 2. The van der Waals surface area contributed by atoms with Crippen LogP contribution in [0.1, 0.15) is 55.6 Å². The molecule has 0 saturated carbocycles. The Balaban J connectivity index is 2.01. The van der Waals surface area contributed by atoms with Crippen LogP contribution in [0.3, 0.4) is 0 Å². The third-order valence-corrected chi connectivity index (χ3v) is 6.10. The summed E-state index contributed by atoms with van der Waals surface area (Å²) in [6.45, 7) is 12.1. The van der Waals surface area contributed by atoms with Crippen LogP contribution in [0, 0.1) is 6.92 Å². The number of halogens is 1. The zero-order valence-electron chi connectivity index (χ0n) is 20.2. The minimum atomic E-state index is 0.0874. The van der Waals surface area contributed by atoms with Gasteiger partial charge >= 0.3 is 0 Å². The lowest BCUT2D eigenvalue weighted by Gasteiger charge is -2.23. The maximum atomic E-state index is 6.38. The standard InChI is InChI=1S/C28H35ClN2O/c1-7-21-13-11-14-22(8-2)28(21)26-16-27(32-19(3)4)24(20(5)30-26)18-31(6)17-23-12-9-10-15-25(23)29/h9-16,19H,7-8,17-18H2,1-6H3. The molecule has 3 rings (SSSR count). The Hall–Kier alpha value is -2.36. The molecule has 0 N–H and O–H groups in total. The van der Waals surface area contributed by atoms with Gasteiger partial charge in [-0.3, -0.25) is 9.88 Å². The van der Waals surface area contributed by atoms with Crippen LogP contribution < -0.4 is 4.74 Å². The van der Waals surface area contributed by atoms with E-state index in [1.165, 1.54) is 16.7 Å². The van der Waals surface area contributed by atoms with E-state index in [1.807, 2.05) is 18.2 Å². The molecule has 0 atom stereocenters. The molecular weight excluding hydrogens is 416 g/mol. The summed E-state index contributed by atoms with van der Waals surface area (Å²) in [4.78, 5) is 7.33. The van der Waals surface area contributed by atoms with Gasteiger partial charge in [-0.1, -0.05) is 61.8 Å². The second-order valence-corrected chi connectivity index (χ2v) is 9.07. The third-order valence-electron chi connectivity index (χ3n) is 5.73. The van der Waals surface area contributed by atoms with Gasteiger partial charge in [0.15, 0.2) is 0 Å². The van der Waals surface area contributed by atoms with Crippen LogP contribution in [-0.4, -0.2) is 23.0 Å². The lowest BCUT2D eigenvalue weighted by Crippen LogP contribution is -2.20. The molecule has 0 bridgehead atoms. The second kappa shape index (κ2) is 11.0. The highest BCUT2D eigenvalue weighted by Gasteiger charge is 2.18. The van der Waals surface area contributed by atoms with Crippen LogP contribution in [-0.2, 0) is 25.9 Å². The van der Waals surface area contributed by atoms with Gasteiger partial charge in [0.2, 0.25) is 0 Å². The first-order valence-corrected chi connectivity index (χ1v) is 11.9. The molecule has 0 fully saturated rings. The number of hydrogen-bond acceptors (Lipinski definition) is 3. The van der Waals surface area contributed by atoms with Gasteiger partial charge in [0, 0.05) is 41.0 Å². The van der Waals surface area contributed by atoms with Crippen LogP contribution in [0.25, 0.3) is 11.3 Å². The Kier molecular flexibility index (Phi) is 8.33. The maximum Gasteiger partial charge on any atom is 0.128 e. The molecule has 0 spiro atoms. The van der Waals surface area contributed by atoms with Crippen LogP contribution >= 0.6 is 11.6 Å². The van der Waals surface area contributed by atoms with Crippen molar-refractivity contribution >= 4 is 11.6 Å². The molecule has 3 aromatic rings. The van der Waals surface area contributed by atoms with Crippen molar-refractivity contribution in [3.63, 3.8) is 0 Å². The predicted molar refractivity (Wildman–Crippen MR) is 136 cm³/mol. The summed E-state index contributed by atoms with van der Waals surface area (Å²) in [6.07, 6.45) is 2.04. The molecule has 0 aliphatic carbocycles. The summed E-state index contributed by atoms with van der Waals surface area (Å²) in [6, 6.07) is 16.7. The van der Waals surface area contributed by atoms with Gasteiger partial charge < -0.3 is 4.74 Å². The number of nitrogens with zero attached hydrogens (tertiary/aromatic N) is 2. The van der Waals surface area contributed by atoms with E-state index in [0.29, 0.717) is 0 Å². The van der Waals surface area contributed by atoms with Crippen molar-refractivity contribution in [1.82, 2.24) is 9.88 Å². The highest BCUT2D eigenvalue weighted by atomic mass is 35.5. The molecule has 0 unspecified atom stereocenters. The van der Waals surface area contributed by atoms with E-state index in [1.54, 1.807) is 0 Å². The van der Waals surface area contributed by atoms with E-state index in [2.05, 4.69) is 76.9 Å². The van der Waals surface area contributed by atoms with Crippen molar-refractivity contribution in [3.8, 4) is 17.0 Å². The Bertz CT molecular complexity index is 1040. The van der Waals surface area contributed by atoms with Crippen molar-refractivity contribution in [1.29, 1.82) is 0 Å². The number of pyridine rings is 1. The average molecular weight is 451 g/mol. The van der Waals surface area contributed by atoms with E-state index in [-0.39, 0.29) is 6.10 Å². The quantitative estimate of drug-likeness (QED) is 0.343. The summed E-state index contributed by atoms with van der Waals surface area (Å²) in [5.41, 5.74) is 8.18. The first kappa shape index (κ1) is 24.3. The molecule has 32 heavy (non-hydrogen) atoms. The third kappa shape index (κ3) is 5.70. The molecule has 0 aliphatic rings. The lowest BCUT2D eigenvalue weighted by atomic mass is 9.94. The molecule has 1 aromatic heterocycles. The van der Waals surface area contributed by atoms with Crippen LogP contribution in [0.5, 0.6) is 5.75 Å². The highest BCUT2D eigenvalue weighted by molar-refractivity contribution is 6.31. The molecule has 1 heterocycles. The Morgan fingerprint density at radius 1 is 0.938 bits per heavy atom. The molecule has 0 aliphatic heterocycles. The van der Waals surface area contributed by atoms with Crippen molar-refractivity contribution in [2.75, 3.05) is 7.05 Å². The molecular formula is C28H35ClN2O. The molecule has 0 radical (unpaired) electrons. The average Bonchev–Trinajstić information content (AvgIpc) is 2.76. The fraction of sp³-hybridized carbons (Fsp3) is 0.393. The minimum Gasteiger partial charge on any atom is -0.491 e. The Morgan fingerprint density at radius 2 is 1.56 bits per heavy atom. The van der Waals surface area contributed by atoms with Crippen LogP contribution in [0.15, 0.2) is 48.5 Å². The summed E-state index contributed by atoms with van der Waals surface area (Å²) in [5, 5.41) is 0.798. The molecule has 2 aromatic carbocycles. The van der Waals surface area contributed by atoms with Gasteiger partial charge in [0.05, 0.1) is 11.8 Å². The van der Waals surface area contributed by atoms with E-state index in [4.69, 9.17) is 21.3 Å². The van der Waals surface area contributed by atoms with E-state index >= 15 is 0 Å². The van der Waals surface area contributed by atoms with Crippen molar-refractivity contribution in [2.24, 2.45) is 0 Å². The predicted octanol–water partition coefficient (Wildman–Crippen LogP) is 7.25. The van der Waals surface area contributed by atoms with Gasteiger partial charge in [-0.15, -0.1) is 0 Å². The monoisotopic (exact) mass is 450 g/mol. The summed E-state index contributed by atoms with van der Waals surface area (Å²) >= 11 is 6.38. The maximum absolute atomic E-state index is 6.38. The normalized spacial score (nSPS) is 11.4. The zero-order chi connectivity index (χ0) is 23.3. The first-order valence-electron chi connectivity index (χ1n) is 11.5. The minimum absolute atomic E-state index is 0.0874. The highest BCUT2D eigenvalue weighted by Crippen LogP contribution is 2.34. The van der Waals surface area contributed by atoms with Crippen molar-refractivity contribution in [3.05, 3.63) is 81.5 Å². The molecule has 4 heteroatoms. The summed E-state index contributed by atoms with van der Waals surface area (Å²) < 4.78 is 6.32. The summed E-state index contributed by atoms with van der Waals surface area (Å²) in [7, 11) is 2.11. The number of ether oxygens (including phenoxy) is 1. The number of aromatic nitrogens is 1. The fourth-order valence-corrected chi connectivity index (χ4v) is 4.36. The number of aryl methyl sites for hydroxylation is 3. The smallest absolute Gasteiger partial charge is 0.128 e. The van der Waals surface area contributed by atoms with Gasteiger partial charge in [-0.05, 0) is 63.4 Å². The molecule has 0 amide bonds. The lowest BCUT2D eigenvalue weighted by molar-refractivity contribution is 0.232. The SMILES string of the molecule is CCc1cccc(CC)c1-c1cc(OC(C)C)c(CN(C)Cc2ccccc2Cl)c(C)n1. The largest absolute Gasteiger partial charge is 0.491 e. The topological polar surface area (TPSA) is 25.4 Å². The van der Waals surface area contributed by atoms with Crippen LogP contribution in [0.4, 0.5) is 0 Å². The van der Waals surface area contributed by atoms with E-state index < -0.39 is 0 Å². The number of hydrogen-bond donors (Lipinski definition) is 0. The van der Waals surface area contributed by atoms with Crippen molar-refractivity contribution in [2.45, 2.75) is 66.7 Å². The van der Waals surface area contributed by atoms with Gasteiger partial charge in [0.1, 0.15) is 5.75 Å². The Morgan fingerprint density at radius 3 is 2.16 bits per heavy atom. The second-order valence-electron chi connectivity index (χ2n) is 8.66. The molecule has 3 nitrogen and oxygen atoms in total. The zero-order valence-corrected chi connectivity index (χ0v) is 21.0. The fourth-order valence-electron chi connectivity index (χ4n) is 4.16.